The number of rotatable bonds is 3. The predicted octanol–water partition coefficient (Wildman–Crippen LogP) is 3.21. The Balaban J connectivity index is 2.03. The van der Waals surface area contributed by atoms with Crippen LogP contribution in [-0.2, 0) is 4.74 Å². The Kier molecular flexibility index (Phi) is 3.61. The molecule has 0 amide bonds. The number of anilines is 1. The molecule has 2 rings (SSSR count). The highest BCUT2D eigenvalue weighted by molar-refractivity contribution is 6.33. The minimum Gasteiger partial charge on any atom is -0.379 e. The normalized spacial score (nSPS) is 20.1. The maximum Gasteiger partial charge on any atom is 0.150 e. The van der Waals surface area contributed by atoms with Crippen LogP contribution in [0.25, 0.3) is 0 Å². The molecule has 5 heteroatoms. The van der Waals surface area contributed by atoms with Crippen molar-refractivity contribution in [2.45, 2.75) is 18.9 Å². The number of hydrogen-bond donors (Lipinski definition) is 1. The summed E-state index contributed by atoms with van der Waals surface area (Å²) in [5.41, 5.74) is 0.138. The molecule has 88 valence electrons. The van der Waals surface area contributed by atoms with Crippen molar-refractivity contribution in [3.63, 3.8) is 0 Å². The summed E-state index contributed by atoms with van der Waals surface area (Å²) < 4.78 is 31.5. The van der Waals surface area contributed by atoms with E-state index in [2.05, 4.69) is 5.32 Å². The van der Waals surface area contributed by atoms with Gasteiger partial charge in [-0.25, -0.2) is 8.78 Å². The van der Waals surface area contributed by atoms with Crippen LogP contribution in [-0.4, -0.2) is 19.3 Å². The Morgan fingerprint density at radius 3 is 2.88 bits per heavy atom. The van der Waals surface area contributed by atoms with Gasteiger partial charge in [-0.2, -0.15) is 0 Å². The molecule has 1 saturated heterocycles. The van der Waals surface area contributed by atoms with Crippen molar-refractivity contribution in [3.8, 4) is 0 Å². The molecule has 1 aliphatic heterocycles. The minimum absolute atomic E-state index is 0.0514. The van der Waals surface area contributed by atoms with Gasteiger partial charge in [-0.3, -0.25) is 0 Å². The quantitative estimate of drug-likeness (QED) is 0.886. The second kappa shape index (κ2) is 4.97. The van der Waals surface area contributed by atoms with E-state index in [1.54, 1.807) is 0 Å². The van der Waals surface area contributed by atoms with Crippen molar-refractivity contribution in [3.05, 3.63) is 28.8 Å². The maximum atomic E-state index is 13.4. The van der Waals surface area contributed by atoms with Gasteiger partial charge in [-0.05, 0) is 18.9 Å². The lowest BCUT2D eigenvalue weighted by Gasteiger charge is -2.13. The number of benzene rings is 1. The van der Waals surface area contributed by atoms with Crippen molar-refractivity contribution in [2.75, 3.05) is 18.5 Å². The van der Waals surface area contributed by atoms with E-state index >= 15 is 0 Å². The fourth-order valence-electron chi connectivity index (χ4n) is 1.73. The van der Waals surface area contributed by atoms with Gasteiger partial charge in [0, 0.05) is 19.2 Å². The first-order valence-electron chi connectivity index (χ1n) is 5.17. The summed E-state index contributed by atoms with van der Waals surface area (Å²) in [6.07, 6.45) is 2.06. The highest BCUT2D eigenvalue weighted by Crippen LogP contribution is 2.26. The Morgan fingerprint density at radius 2 is 2.25 bits per heavy atom. The van der Waals surface area contributed by atoms with Gasteiger partial charge in [0.1, 0.15) is 5.82 Å². The summed E-state index contributed by atoms with van der Waals surface area (Å²) >= 11 is 5.74. The number of nitrogens with one attached hydrogen (secondary N) is 1. The lowest BCUT2D eigenvalue weighted by atomic mass is 10.2. The first-order valence-corrected chi connectivity index (χ1v) is 5.54. The lowest BCUT2D eigenvalue weighted by Crippen LogP contribution is -2.19. The zero-order valence-electron chi connectivity index (χ0n) is 8.60. The Hall–Kier alpha value is -0.870. The molecule has 0 saturated carbocycles. The molecule has 1 aromatic carbocycles. The van der Waals surface area contributed by atoms with Crippen molar-refractivity contribution in [1.82, 2.24) is 0 Å². The summed E-state index contributed by atoms with van der Waals surface area (Å²) in [5, 5.41) is 2.90. The number of halogens is 3. The molecular weight excluding hydrogens is 236 g/mol. The summed E-state index contributed by atoms with van der Waals surface area (Å²) in [6.45, 7) is 1.23. The molecule has 16 heavy (non-hydrogen) atoms. The SMILES string of the molecule is Fc1cc(F)c(NCC2CCCO2)c(Cl)c1. The van der Waals surface area contributed by atoms with Gasteiger partial charge in [0.25, 0.3) is 0 Å². The third-order valence-corrected chi connectivity index (χ3v) is 2.84. The molecule has 1 unspecified atom stereocenters. The Morgan fingerprint density at radius 1 is 1.44 bits per heavy atom. The topological polar surface area (TPSA) is 21.3 Å². The van der Waals surface area contributed by atoms with Gasteiger partial charge in [-0.1, -0.05) is 11.6 Å². The van der Waals surface area contributed by atoms with Crippen molar-refractivity contribution in [2.24, 2.45) is 0 Å². The van der Waals surface area contributed by atoms with E-state index in [-0.39, 0.29) is 16.8 Å². The van der Waals surface area contributed by atoms with Crippen molar-refractivity contribution >= 4 is 17.3 Å². The van der Waals surface area contributed by atoms with Crippen LogP contribution in [0.4, 0.5) is 14.5 Å². The fraction of sp³-hybridized carbons (Fsp3) is 0.455. The van der Waals surface area contributed by atoms with Gasteiger partial charge in [0.2, 0.25) is 0 Å². The molecule has 1 atom stereocenters. The first kappa shape index (κ1) is 11.6. The van der Waals surface area contributed by atoms with E-state index in [1.165, 1.54) is 0 Å². The van der Waals surface area contributed by atoms with Crippen LogP contribution in [0.5, 0.6) is 0 Å². The number of ether oxygens (including phenoxy) is 1. The molecule has 1 aliphatic rings. The van der Waals surface area contributed by atoms with Crippen LogP contribution >= 0.6 is 11.6 Å². The third-order valence-electron chi connectivity index (χ3n) is 2.54. The van der Waals surface area contributed by atoms with Crippen molar-refractivity contribution in [1.29, 1.82) is 0 Å². The van der Waals surface area contributed by atoms with Gasteiger partial charge in [0.05, 0.1) is 16.8 Å². The molecule has 1 aromatic rings. The highest BCUT2D eigenvalue weighted by Gasteiger charge is 2.17. The summed E-state index contributed by atoms with van der Waals surface area (Å²) in [4.78, 5) is 0. The fourth-order valence-corrected chi connectivity index (χ4v) is 1.99. The third kappa shape index (κ3) is 2.62. The number of hydrogen-bond acceptors (Lipinski definition) is 2. The van der Waals surface area contributed by atoms with Crippen molar-refractivity contribution < 1.29 is 13.5 Å². The largest absolute Gasteiger partial charge is 0.379 e. The van der Waals surface area contributed by atoms with Crippen LogP contribution < -0.4 is 5.32 Å². The molecule has 0 spiro atoms. The van der Waals surface area contributed by atoms with Crippen LogP contribution in [0.3, 0.4) is 0 Å². The second-order valence-electron chi connectivity index (χ2n) is 3.76. The molecule has 1 N–H and O–H groups in total. The van der Waals surface area contributed by atoms with Crippen LogP contribution in [0.15, 0.2) is 12.1 Å². The Bertz CT molecular complexity index is 357. The average molecular weight is 248 g/mol. The molecule has 1 heterocycles. The smallest absolute Gasteiger partial charge is 0.150 e. The summed E-state index contributed by atoms with van der Waals surface area (Å²) in [6, 6.07) is 1.90. The maximum absolute atomic E-state index is 13.4. The molecule has 0 bridgehead atoms. The van der Waals surface area contributed by atoms with E-state index in [0.717, 1.165) is 31.6 Å². The highest BCUT2D eigenvalue weighted by atomic mass is 35.5. The average Bonchev–Trinajstić information content (AvgIpc) is 2.68. The standard InChI is InChI=1S/C11H12ClF2NO/c12-9-4-7(13)5-10(14)11(9)15-6-8-2-1-3-16-8/h4-5,8,15H,1-3,6H2. The van der Waals surface area contributed by atoms with E-state index in [4.69, 9.17) is 16.3 Å². The van der Waals surface area contributed by atoms with E-state index in [9.17, 15) is 8.78 Å². The zero-order valence-corrected chi connectivity index (χ0v) is 9.36. The Labute approximate surface area is 97.5 Å². The molecule has 0 radical (unpaired) electrons. The molecule has 0 aromatic heterocycles. The minimum atomic E-state index is -0.678. The van der Waals surface area contributed by atoms with Gasteiger partial charge in [-0.15, -0.1) is 0 Å². The van der Waals surface area contributed by atoms with Gasteiger partial charge >= 0.3 is 0 Å². The lowest BCUT2D eigenvalue weighted by molar-refractivity contribution is 0.120. The predicted molar refractivity (Wildman–Crippen MR) is 58.8 cm³/mol. The monoisotopic (exact) mass is 247 g/mol. The molecular formula is C11H12ClF2NO. The molecule has 0 aliphatic carbocycles. The van der Waals surface area contributed by atoms with Crippen LogP contribution in [0.2, 0.25) is 5.02 Å². The second-order valence-corrected chi connectivity index (χ2v) is 4.17. The van der Waals surface area contributed by atoms with Gasteiger partial charge < -0.3 is 10.1 Å². The van der Waals surface area contributed by atoms with Crippen LogP contribution in [0.1, 0.15) is 12.8 Å². The zero-order chi connectivity index (χ0) is 11.5. The van der Waals surface area contributed by atoms with Crippen LogP contribution in [0, 0.1) is 11.6 Å². The van der Waals surface area contributed by atoms with Gasteiger partial charge in [0.15, 0.2) is 5.82 Å². The summed E-state index contributed by atoms with van der Waals surface area (Å²) in [7, 11) is 0. The summed E-state index contributed by atoms with van der Waals surface area (Å²) in [5.74, 6) is -1.35. The first-order chi connectivity index (χ1) is 7.66. The van der Waals surface area contributed by atoms with E-state index in [0.29, 0.717) is 6.54 Å². The molecule has 1 fully saturated rings. The molecule has 2 nitrogen and oxygen atoms in total. The van der Waals surface area contributed by atoms with E-state index < -0.39 is 11.6 Å². The van der Waals surface area contributed by atoms with E-state index in [1.807, 2.05) is 0 Å².